The van der Waals surface area contributed by atoms with Crippen molar-refractivity contribution in [3.05, 3.63) is 78.2 Å². The maximum absolute atomic E-state index is 12.7. The van der Waals surface area contributed by atoms with Gasteiger partial charge in [0, 0.05) is 11.9 Å². The van der Waals surface area contributed by atoms with Crippen LogP contribution in [0.15, 0.2) is 67.1 Å². The number of ether oxygens (including phenoxy) is 1. The number of aromatic nitrogens is 3. The van der Waals surface area contributed by atoms with Gasteiger partial charge in [0.2, 0.25) is 11.8 Å². The Bertz CT molecular complexity index is 1330. The van der Waals surface area contributed by atoms with Gasteiger partial charge in [0.1, 0.15) is 24.3 Å². The van der Waals surface area contributed by atoms with E-state index in [1.165, 1.54) is 48.7 Å². The van der Waals surface area contributed by atoms with E-state index in [0.717, 1.165) is 23.0 Å². The first-order chi connectivity index (χ1) is 16.5. The van der Waals surface area contributed by atoms with Gasteiger partial charge in [-0.05, 0) is 48.0 Å². The van der Waals surface area contributed by atoms with Crippen molar-refractivity contribution in [2.75, 3.05) is 5.32 Å². The van der Waals surface area contributed by atoms with Gasteiger partial charge in [0.15, 0.2) is 0 Å². The van der Waals surface area contributed by atoms with Gasteiger partial charge in [0.25, 0.3) is 0 Å². The zero-order chi connectivity index (χ0) is 25.2. The maximum atomic E-state index is 12.7. The molecule has 1 amide bonds. The molecule has 0 bridgehead atoms. The minimum absolute atomic E-state index is 0.0648. The minimum Gasteiger partial charge on any atom is -0.438 e. The second-order valence-corrected chi connectivity index (χ2v) is 7.52. The second-order valence-electron chi connectivity index (χ2n) is 7.52. The summed E-state index contributed by atoms with van der Waals surface area (Å²) in [4.78, 5) is 20.1. The molecule has 0 fully saturated rings. The number of anilines is 1. The Morgan fingerprint density at radius 3 is 2.23 bits per heavy atom. The van der Waals surface area contributed by atoms with Gasteiger partial charge in [-0.25, -0.2) is 9.97 Å². The molecule has 0 aliphatic heterocycles. The third-order valence-corrected chi connectivity index (χ3v) is 4.87. The molecule has 0 spiro atoms. The molecule has 2 aromatic heterocycles. The van der Waals surface area contributed by atoms with E-state index in [0.29, 0.717) is 22.4 Å². The van der Waals surface area contributed by atoms with E-state index < -0.39 is 30.4 Å². The summed E-state index contributed by atoms with van der Waals surface area (Å²) < 4.78 is 82.7. The summed E-state index contributed by atoms with van der Waals surface area (Å²) in [6.07, 6.45) is -6.64. The van der Waals surface area contributed by atoms with E-state index in [2.05, 4.69) is 15.3 Å². The number of hydrogen-bond donors (Lipinski definition) is 1. The van der Waals surface area contributed by atoms with Gasteiger partial charge in [-0.3, -0.25) is 4.79 Å². The van der Waals surface area contributed by atoms with Crippen molar-refractivity contribution in [3.8, 4) is 11.6 Å². The summed E-state index contributed by atoms with van der Waals surface area (Å²) in [6, 6.07) is 11.8. The average Bonchev–Trinajstić information content (AvgIpc) is 3.17. The number of nitrogens with zero attached hydrogens (tertiary/aromatic N) is 3. The molecule has 4 aromatic rings. The maximum Gasteiger partial charge on any atom is 0.416 e. The van der Waals surface area contributed by atoms with Gasteiger partial charge < -0.3 is 14.6 Å². The molecule has 0 unspecified atom stereocenters. The molecule has 35 heavy (non-hydrogen) atoms. The van der Waals surface area contributed by atoms with Crippen LogP contribution in [0, 0.1) is 0 Å². The van der Waals surface area contributed by atoms with Gasteiger partial charge in [-0.1, -0.05) is 12.1 Å². The van der Waals surface area contributed by atoms with Crippen LogP contribution in [0.3, 0.4) is 0 Å². The number of carbonyl (C=O) groups excluding carboxylic acids is 1. The third-order valence-electron chi connectivity index (χ3n) is 4.87. The number of amides is 1. The average molecular weight is 494 g/mol. The molecule has 0 atom stereocenters. The summed E-state index contributed by atoms with van der Waals surface area (Å²) in [7, 11) is 0. The second kappa shape index (κ2) is 9.28. The summed E-state index contributed by atoms with van der Waals surface area (Å²) in [5.41, 5.74) is 0.105. The van der Waals surface area contributed by atoms with Crippen molar-refractivity contribution in [2.45, 2.75) is 25.3 Å². The highest BCUT2D eigenvalue weighted by Crippen LogP contribution is 2.30. The predicted molar refractivity (Wildman–Crippen MR) is 114 cm³/mol. The first-order valence-electron chi connectivity index (χ1n) is 10.1. The Kier molecular flexibility index (Phi) is 6.37. The highest BCUT2D eigenvalue weighted by atomic mass is 19.4. The summed E-state index contributed by atoms with van der Waals surface area (Å²) in [5, 5.41) is 2.93. The lowest BCUT2D eigenvalue weighted by Gasteiger charge is -2.10. The number of carbonyl (C=O) groups is 1. The van der Waals surface area contributed by atoms with Crippen LogP contribution in [-0.2, 0) is 23.9 Å². The van der Waals surface area contributed by atoms with Gasteiger partial charge >= 0.3 is 12.4 Å². The zero-order valence-electron chi connectivity index (χ0n) is 17.7. The molecule has 0 aliphatic rings. The molecule has 2 aromatic carbocycles. The van der Waals surface area contributed by atoms with E-state index in [1.807, 2.05) is 0 Å². The molecule has 0 aliphatic carbocycles. The third kappa shape index (κ3) is 6.08. The van der Waals surface area contributed by atoms with Crippen molar-refractivity contribution in [1.29, 1.82) is 0 Å². The quantitative estimate of drug-likeness (QED) is 0.335. The van der Waals surface area contributed by atoms with E-state index in [9.17, 15) is 31.1 Å². The Balaban J connectivity index is 1.39. The monoisotopic (exact) mass is 494 g/mol. The highest BCUT2D eigenvalue weighted by molar-refractivity contribution is 5.92. The Morgan fingerprint density at radius 2 is 1.60 bits per heavy atom. The Hall–Kier alpha value is -4.09. The first kappa shape index (κ1) is 24.0. The minimum atomic E-state index is -4.45. The van der Waals surface area contributed by atoms with Crippen LogP contribution in [0.25, 0.3) is 11.0 Å². The molecule has 0 radical (unpaired) electrons. The zero-order valence-corrected chi connectivity index (χ0v) is 17.7. The molecule has 0 saturated heterocycles. The predicted octanol–water partition coefficient (Wildman–Crippen LogP) is 5.99. The van der Waals surface area contributed by atoms with Crippen LogP contribution in [-0.4, -0.2) is 26.6 Å². The molecule has 12 heteroatoms. The summed E-state index contributed by atoms with van der Waals surface area (Å²) >= 11 is 0. The smallest absolute Gasteiger partial charge is 0.416 e. The van der Waals surface area contributed by atoms with Crippen molar-refractivity contribution in [1.82, 2.24) is 14.5 Å². The molecule has 182 valence electrons. The number of benzene rings is 2. The normalized spacial score (nSPS) is 12.1. The number of nitrogens with one attached hydrogen (secondary N) is 1. The lowest BCUT2D eigenvalue weighted by molar-refractivity contribution is -0.140. The molecule has 4 rings (SSSR count). The Morgan fingerprint density at radius 1 is 0.914 bits per heavy atom. The molecule has 2 heterocycles. The summed E-state index contributed by atoms with van der Waals surface area (Å²) in [6.45, 7) is -1.20. The molecular formula is C23H16F6N4O2. The fraction of sp³-hybridized carbons (Fsp3) is 0.174. The number of halogens is 6. The van der Waals surface area contributed by atoms with Crippen molar-refractivity contribution in [3.63, 3.8) is 0 Å². The number of rotatable bonds is 6. The number of alkyl halides is 6. The van der Waals surface area contributed by atoms with E-state index in [1.54, 1.807) is 0 Å². The SMILES string of the molecule is O=C(Cc1ccc(C(F)(F)F)cc1)Nc1ccc(Oc2ncnc3c2ccn3CC(F)(F)F)cc1. The van der Waals surface area contributed by atoms with E-state index in [4.69, 9.17) is 4.74 Å². The van der Waals surface area contributed by atoms with E-state index in [-0.39, 0.29) is 17.9 Å². The number of hydrogen-bond acceptors (Lipinski definition) is 4. The van der Waals surface area contributed by atoms with Gasteiger partial charge in [0.05, 0.1) is 17.4 Å². The molecule has 1 N–H and O–H groups in total. The standard InChI is InChI=1S/C23H16F6N4O2/c24-22(25,26)12-33-10-9-18-20(33)30-13-31-21(18)35-17-7-5-16(6-8-17)32-19(34)11-14-1-3-15(4-2-14)23(27,28)29/h1-10,13H,11-12H2,(H,32,34). The summed E-state index contributed by atoms with van der Waals surface area (Å²) in [5.74, 6) is -0.0498. The molecule has 6 nitrogen and oxygen atoms in total. The lowest BCUT2D eigenvalue weighted by atomic mass is 10.1. The van der Waals surface area contributed by atoms with Crippen LogP contribution in [0.2, 0.25) is 0 Å². The van der Waals surface area contributed by atoms with Crippen LogP contribution in [0.1, 0.15) is 11.1 Å². The van der Waals surface area contributed by atoms with Crippen molar-refractivity contribution in [2.24, 2.45) is 0 Å². The Labute approximate surface area is 194 Å². The fourth-order valence-corrected chi connectivity index (χ4v) is 3.30. The molecule has 0 saturated carbocycles. The number of fused-ring (bicyclic) bond motifs is 1. The topological polar surface area (TPSA) is 69.0 Å². The van der Waals surface area contributed by atoms with Gasteiger partial charge in [-0.2, -0.15) is 26.3 Å². The lowest BCUT2D eigenvalue weighted by Crippen LogP contribution is -2.17. The largest absolute Gasteiger partial charge is 0.438 e. The van der Waals surface area contributed by atoms with Crippen LogP contribution >= 0.6 is 0 Å². The van der Waals surface area contributed by atoms with Crippen LogP contribution in [0.5, 0.6) is 11.6 Å². The van der Waals surface area contributed by atoms with Crippen molar-refractivity contribution >= 4 is 22.6 Å². The van der Waals surface area contributed by atoms with Gasteiger partial charge in [-0.15, -0.1) is 0 Å². The first-order valence-corrected chi connectivity index (χ1v) is 10.1. The van der Waals surface area contributed by atoms with Crippen LogP contribution < -0.4 is 10.1 Å². The fourth-order valence-electron chi connectivity index (χ4n) is 3.30. The van der Waals surface area contributed by atoms with Crippen LogP contribution in [0.4, 0.5) is 32.0 Å². The van der Waals surface area contributed by atoms with E-state index >= 15 is 0 Å². The highest BCUT2D eigenvalue weighted by Gasteiger charge is 2.30. The van der Waals surface area contributed by atoms with Crippen molar-refractivity contribution < 1.29 is 35.9 Å². The molecular weight excluding hydrogens is 478 g/mol.